The molecule has 3 heteroatoms. The Morgan fingerprint density at radius 3 is 2.50 bits per heavy atom. The van der Waals surface area contributed by atoms with Crippen molar-refractivity contribution in [2.24, 2.45) is 17.1 Å². The van der Waals surface area contributed by atoms with Gasteiger partial charge in [-0.05, 0) is 38.5 Å². The van der Waals surface area contributed by atoms with E-state index in [-0.39, 0.29) is 11.4 Å². The van der Waals surface area contributed by atoms with Crippen LogP contribution in [-0.2, 0) is 9.53 Å². The average Bonchev–Trinajstić information content (AvgIpc) is 2.20. The normalized spacial score (nSPS) is 32.6. The van der Waals surface area contributed by atoms with Gasteiger partial charge < -0.3 is 10.5 Å². The molecule has 82 valence electrons. The van der Waals surface area contributed by atoms with E-state index in [9.17, 15) is 4.79 Å². The number of rotatable bonds is 3. The lowest BCUT2D eigenvalue weighted by Gasteiger charge is -2.36. The average molecular weight is 199 g/mol. The van der Waals surface area contributed by atoms with Gasteiger partial charge in [-0.2, -0.15) is 0 Å². The molecule has 1 fully saturated rings. The second-order valence-corrected chi connectivity index (χ2v) is 4.39. The van der Waals surface area contributed by atoms with Gasteiger partial charge in [0, 0.05) is 6.54 Å². The lowest BCUT2D eigenvalue weighted by Crippen LogP contribution is -2.42. The van der Waals surface area contributed by atoms with Crippen LogP contribution in [0.4, 0.5) is 0 Å². The van der Waals surface area contributed by atoms with Crippen LogP contribution in [0.5, 0.6) is 0 Å². The number of nitrogens with two attached hydrogens (primary N) is 1. The zero-order chi connectivity index (χ0) is 10.6. The summed E-state index contributed by atoms with van der Waals surface area (Å²) in [5, 5.41) is 0. The van der Waals surface area contributed by atoms with E-state index in [0.717, 1.165) is 31.6 Å². The summed E-state index contributed by atoms with van der Waals surface area (Å²) in [6.45, 7) is 4.95. The maximum absolute atomic E-state index is 11.8. The van der Waals surface area contributed by atoms with E-state index in [4.69, 9.17) is 10.5 Å². The summed E-state index contributed by atoms with van der Waals surface area (Å²) in [5.41, 5.74) is 5.34. The third kappa shape index (κ3) is 2.27. The van der Waals surface area contributed by atoms with Crippen LogP contribution in [0.3, 0.4) is 0 Å². The number of esters is 1. The fourth-order valence-corrected chi connectivity index (χ4v) is 2.09. The molecule has 14 heavy (non-hydrogen) atoms. The van der Waals surface area contributed by atoms with Crippen LogP contribution in [0.15, 0.2) is 0 Å². The highest BCUT2D eigenvalue weighted by Crippen LogP contribution is 2.38. The molecule has 0 heterocycles. The first-order valence-corrected chi connectivity index (χ1v) is 5.52. The van der Waals surface area contributed by atoms with E-state index >= 15 is 0 Å². The van der Waals surface area contributed by atoms with Gasteiger partial charge in [0.15, 0.2) is 0 Å². The maximum Gasteiger partial charge on any atom is 0.313 e. The first-order valence-electron chi connectivity index (χ1n) is 5.52. The minimum absolute atomic E-state index is 0.0885. The molecule has 0 amide bonds. The number of ether oxygens (including phenoxy) is 1. The number of carbonyl (C=O) groups is 1. The van der Waals surface area contributed by atoms with Crippen molar-refractivity contribution in [1.82, 2.24) is 0 Å². The van der Waals surface area contributed by atoms with Crippen LogP contribution in [0, 0.1) is 11.3 Å². The summed E-state index contributed by atoms with van der Waals surface area (Å²) < 4.78 is 5.09. The largest absolute Gasteiger partial charge is 0.466 e. The Balaban J connectivity index is 2.62. The van der Waals surface area contributed by atoms with E-state index in [2.05, 4.69) is 6.92 Å². The molecular weight excluding hydrogens is 178 g/mol. The standard InChI is InChI=1S/C11H21NO2/c1-3-14-10(13)11(8-12)6-4-9(2)5-7-11/h9H,3-8,12H2,1-2H3. The summed E-state index contributed by atoms with van der Waals surface area (Å²) >= 11 is 0. The lowest BCUT2D eigenvalue weighted by molar-refractivity contribution is -0.157. The van der Waals surface area contributed by atoms with Gasteiger partial charge in [-0.15, -0.1) is 0 Å². The minimum Gasteiger partial charge on any atom is -0.466 e. The predicted octanol–water partition coefficient (Wildman–Crippen LogP) is 1.70. The van der Waals surface area contributed by atoms with Crippen molar-refractivity contribution in [1.29, 1.82) is 0 Å². The maximum atomic E-state index is 11.8. The molecular formula is C11H21NO2. The second kappa shape index (κ2) is 4.78. The van der Waals surface area contributed by atoms with E-state index in [1.54, 1.807) is 0 Å². The van der Waals surface area contributed by atoms with E-state index in [1.807, 2.05) is 6.92 Å². The highest BCUT2D eigenvalue weighted by atomic mass is 16.5. The smallest absolute Gasteiger partial charge is 0.313 e. The van der Waals surface area contributed by atoms with Gasteiger partial charge in [0.05, 0.1) is 12.0 Å². The van der Waals surface area contributed by atoms with Crippen molar-refractivity contribution in [3.05, 3.63) is 0 Å². The fraction of sp³-hybridized carbons (Fsp3) is 0.909. The minimum atomic E-state index is -0.372. The molecule has 0 aromatic carbocycles. The van der Waals surface area contributed by atoms with Crippen molar-refractivity contribution in [3.8, 4) is 0 Å². The molecule has 0 radical (unpaired) electrons. The monoisotopic (exact) mass is 199 g/mol. The zero-order valence-electron chi connectivity index (χ0n) is 9.21. The quantitative estimate of drug-likeness (QED) is 0.704. The molecule has 0 unspecified atom stereocenters. The van der Waals surface area contributed by atoms with Crippen LogP contribution in [0.2, 0.25) is 0 Å². The summed E-state index contributed by atoms with van der Waals surface area (Å²) in [5.74, 6) is 0.638. The summed E-state index contributed by atoms with van der Waals surface area (Å²) in [6, 6.07) is 0. The Morgan fingerprint density at radius 1 is 1.50 bits per heavy atom. The summed E-state index contributed by atoms with van der Waals surface area (Å²) in [4.78, 5) is 11.8. The van der Waals surface area contributed by atoms with Crippen LogP contribution < -0.4 is 5.73 Å². The van der Waals surface area contributed by atoms with E-state index in [1.165, 1.54) is 0 Å². The highest BCUT2D eigenvalue weighted by Gasteiger charge is 2.40. The topological polar surface area (TPSA) is 52.3 Å². The molecule has 0 bridgehead atoms. The predicted molar refractivity (Wildman–Crippen MR) is 55.8 cm³/mol. The molecule has 0 aromatic heterocycles. The summed E-state index contributed by atoms with van der Waals surface area (Å²) in [7, 11) is 0. The number of hydrogen-bond acceptors (Lipinski definition) is 3. The van der Waals surface area contributed by atoms with Crippen molar-refractivity contribution >= 4 is 5.97 Å². The van der Waals surface area contributed by atoms with Crippen LogP contribution in [-0.4, -0.2) is 19.1 Å². The van der Waals surface area contributed by atoms with Gasteiger partial charge in [-0.1, -0.05) is 6.92 Å². The van der Waals surface area contributed by atoms with Gasteiger partial charge in [-0.3, -0.25) is 4.79 Å². The lowest BCUT2D eigenvalue weighted by atomic mass is 9.71. The molecule has 0 aliphatic heterocycles. The summed E-state index contributed by atoms with van der Waals surface area (Å²) in [6.07, 6.45) is 3.97. The van der Waals surface area contributed by atoms with Gasteiger partial charge >= 0.3 is 5.97 Å². The molecule has 0 saturated heterocycles. The molecule has 1 saturated carbocycles. The molecule has 0 aromatic rings. The third-order valence-corrected chi connectivity index (χ3v) is 3.33. The van der Waals surface area contributed by atoms with Crippen molar-refractivity contribution in [2.45, 2.75) is 39.5 Å². The van der Waals surface area contributed by atoms with Crippen molar-refractivity contribution < 1.29 is 9.53 Å². The zero-order valence-corrected chi connectivity index (χ0v) is 9.21. The Labute approximate surface area is 86.0 Å². The molecule has 1 rings (SSSR count). The molecule has 1 aliphatic carbocycles. The highest BCUT2D eigenvalue weighted by molar-refractivity contribution is 5.77. The fourth-order valence-electron chi connectivity index (χ4n) is 2.09. The Hall–Kier alpha value is -0.570. The van der Waals surface area contributed by atoms with Gasteiger partial charge in [-0.25, -0.2) is 0 Å². The number of carbonyl (C=O) groups excluding carboxylic acids is 1. The molecule has 0 atom stereocenters. The van der Waals surface area contributed by atoms with Crippen molar-refractivity contribution in [2.75, 3.05) is 13.2 Å². The van der Waals surface area contributed by atoms with Crippen molar-refractivity contribution in [3.63, 3.8) is 0 Å². The third-order valence-electron chi connectivity index (χ3n) is 3.33. The Bertz CT molecular complexity index is 195. The SMILES string of the molecule is CCOC(=O)C1(CN)CCC(C)CC1. The van der Waals surface area contributed by atoms with E-state index in [0.29, 0.717) is 13.2 Å². The van der Waals surface area contributed by atoms with Gasteiger partial charge in [0.2, 0.25) is 0 Å². The molecule has 0 spiro atoms. The van der Waals surface area contributed by atoms with Gasteiger partial charge in [0.1, 0.15) is 0 Å². The first-order chi connectivity index (χ1) is 6.64. The Kier molecular flexibility index (Phi) is 3.93. The van der Waals surface area contributed by atoms with Crippen LogP contribution >= 0.6 is 0 Å². The molecule has 3 nitrogen and oxygen atoms in total. The van der Waals surface area contributed by atoms with E-state index < -0.39 is 0 Å². The van der Waals surface area contributed by atoms with Crippen LogP contribution in [0.1, 0.15) is 39.5 Å². The Morgan fingerprint density at radius 2 is 2.07 bits per heavy atom. The number of hydrogen-bond donors (Lipinski definition) is 1. The van der Waals surface area contributed by atoms with Crippen LogP contribution in [0.25, 0.3) is 0 Å². The second-order valence-electron chi connectivity index (χ2n) is 4.39. The molecule has 2 N–H and O–H groups in total. The first kappa shape index (κ1) is 11.5. The van der Waals surface area contributed by atoms with Gasteiger partial charge in [0.25, 0.3) is 0 Å². The molecule has 1 aliphatic rings.